The van der Waals surface area contributed by atoms with Gasteiger partial charge >= 0.3 is 0 Å². The minimum atomic E-state index is 0.224. The lowest BCUT2D eigenvalue weighted by Crippen LogP contribution is -2.27. The van der Waals surface area contributed by atoms with Crippen molar-refractivity contribution >= 4 is 0 Å². The highest BCUT2D eigenvalue weighted by Crippen LogP contribution is 2.25. The van der Waals surface area contributed by atoms with Crippen molar-refractivity contribution in [1.82, 2.24) is 10.1 Å². The highest BCUT2D eigenvalue weighted by molar-refractivity contribution is 5.30. The molecule has 0 aromatic carbocycles. The van der Waals surface area contributed by atoms with Crippen LogP contribution in [0.1, 0.15) is 29.0 Å². The lowest BCUT2D eigenvalue weighted by atomic mass is 9.92. The van der Waals surface area contributed by atoms with Gasteiger partial charge in [0.2, 0.25) is 0 Å². The van der Waals surface area contributed by atoms with Crippen molar-refractivity contribution in [3.8, 4) is 0 Å². The van der Waals surface area contributed by atoms with Gasteiger partial charge in [0.15, 0.2) is 0 Å². The fourth-order valence-electron chi connectivity index (χ4n) is 2.33. The molecule has 0 radical (unpaired) electrons. The molecule has 0 saturated carbocycles. The van der Waals surface area contributed by atoms with Gasteiger partial charge in [0.1, 0.15) is 5.76 Å². The second-order valence-electron chi connectivity index (χ2n) is 4.57. The Kier molecular flexibility index (Phi) is 2.65. The van der Waals surface area contributed by atoms with E-state index in [9.17, 15) is 0 Å². The molecule has 0 spiro atoms. The smallest absolute Gasteiger partial charge is 0.141 e. The minimum absolute atomic E-state index is 0.224. The van der Waals surface area contributed by atoms with Crippen LogP contribution in [-0.4, -0.2) is 16.2 Å². The number of nitrogens with two attached hydrogens (primary N) is 1. The summed E-state index contributed by atoms with van der Waals surface area (Å²) >= 11 is 0. The molecule has 1 unspecified atom stereocenters. The summed E-state index contributed by atoms with van der Waals surface area (Å²) in [7, 11) is 0. The second kappa shape index (κ2) is 4.30. The van der Waals surface area contributed by atoms with Gasteiger partial charge in [0.25, 0.3) is 0 Å². The number of hydrogen-bond donors (Lipinski definition) is 1. The van der Waals surface area contributed by atoms with Crippen molar-refractivity contribution < 1.29 is 4.52 Å². The zero-order valence-corrected chi connectivity index (χ0v) is 9.60. The van der Waals surface area contributed by atoms with Gasteiger partial charge in [-0.05, 0) is 24.5 Å². The van der Waals surface area contributed by atoms with E-state index in [2.05, 4.69) is 16.2 Å². The molecular weight excluding hydrogens is 214 g/mol. The van der Waals surface area contributed by atoms with Crippen LogP contribution in [0, 0.1) is 0 Å². The maximum atomic E-state index is 5.91. The zero-order valence-electron chi connectivity index (χ0n) is 9.60. The lowest BCUT2D eigenvalue weighted by molar-refractivity contribution is 0.359. The number of fused-ring (bicyclic) bond motifs is 1. The van der Waals surface area contributed by atoms with Gasteiger partial charge in [-0.1, -0.05) is 11.2 Å². The number of nitrogens with zero attached hydrogens (tertiary/aromatic N) is 2. The molecule has 17 heavy (non-hydrogen) atoms. The van der Waals surface area contributed by atoms with Crippen molar-refractivity contribution in [2.75, 3.05) is 0 Å². The Morgan fingerprint density at radius 3 is 3.24 bits per heavy atom. The maximum Gasteiger partial charge on any atom is 0.141 e. The fourth-order valence-corrected chi connectivity index (χ4v) is 2.33. The Labute approximate surface area is 99.8 Å². The fraction of sp³-hybridized carbons (Fsp3) is 0.385. The Morgan fingerprint density at radius 2 is 2.41 bits per heavy atom. The molecule has 3 rings (SSSR count). The van der Waals surface area contributed by atoms with Crippen LogP contribution in [0.3, 0.4) is 0 Å². The number of aromatic nitrogens is 2. The quantitative estimate of drug-likeness (QED) is 0.847. The van der Waals surface area contributed by atoms with Crippen LogP contribution in [-0.2, 0) is 19.3 Å². The molecule has 2 aromatic rings. The van der Waals surface area contributed by atoms with Crippen LogP contribution in [0.15, 0.2) is 29.0 Å². The van der Waals surface area contributed by atoms with E-state index in [4.69, 9.17) is 10.3 Å². The van der Waals surface area contributed by atoms with Crippen LogP contribution >= 0.6 is 0 Å². The van der Waals surface area contributed by atoms with Crippen molar-refractivity contribution in [3.63, 3.8) is 0 Å². The van der Waals surface area contributed by atoms with E-state index in [1.807, 2.05) is 12.3 Å². The highest BCUT2D eigenvalue weighted by Gasteiger charge is 2.23. The van der Waals surface area contributed by atoms with E-state index < -0.39 is 0 Å². The Bertz CT molecular complexity index is 507. The summed E-state index contributed by atoms with van der Waals surface area (Å²) in [6.07, 6.45) is 7.26. The molecule has 2 N–H and O–H groups in total. The summed E-state index contributed by atoms with van der Waals surface area (Å²) < 4.78 is 5.38. The summed E-state index contributed by atoms with van der Waals surface area (Å²) in [5.74, 6) is 0.975. The van der Waals surface area contributed by atoms with Crippen molar-refractivity contribution in [3.05, 3.63) is 47.1 Å². The monoisotopic (exact) mass is 229 g/mol. The van der Waals surface area contributed by atoms with Gasteiger partial charge in [0, 0.05) is 36.8 Å². The molecule has 1 aliphatic rings. The van der Waals surface area contributed by atoms with E-state index in [1.165, 1.54) is 11.1 Å². The van der Waals surface area contributed by atoms with Crippen molar-refractivity contribution in [1.29, 1.82) is 0 Å². The van der Waals surface area contributed by atoms with Gasteiger partial charge in [-0.2, -0.15) is 0 Å². The average molecular weight is 229 g/mol. The first-order chi connectivity index (χ1) is 8.33. The second-order valence-corrected chi connectivity index (χ2v) is 4.57. The topological polar surface area (TPSA) is 64.9 Å². The molecule has 4 nitrogen and oxygen atoms in total. The maximum absolute atomic E-state index is 5.91. The Balaban J connectivity index is 1.85. The summed E-state index contributed by atoms with van der Waals surface area (Å²) in [6.45, 7) is 0. The SMILES string of the molecule is NC1CCc2c(Cc3cccnc3)noc2C1. The van der Waals surface area contributed by atoms with E-state index in [0.717, 1.165) is 37.1 Å². The summed E-state index contributed by atoms with van der Waals surface area (Å²) in [4.78, 5) is 4.11. The average Bonchev–Trinajstić information content (AvgIpc) is 2.73. The molecular formula is C13H15N3O. The van der Waals surface area contributed by atoms with E-state index in [1.54, 1.807) is 6.20 Å². The molecule has 4 heteroatoms. The Morgan fingerprint density at radius 1 is 1.47 bits per heavy atom. The molecule has 0 saturated heterocycles. The van der Waals surface area contributed by atoms with Gasteiger partial charge < -0.3 is 10.3 Å². The van der Waals surface area contributed by atoms with Crippen LogP contribution in [0.2, 0.25) is 0 Å². The van der Waals surface area contributed by atoms with E-state index >= 15 is 0 Å². The summed E-state index contributed by atoms with van der Waals surface area (Å²) in [6, 6.07) is 4.22. The van der Waals surface area contributed by atoms with Gasteiger partial charge in [-0.15, -0.1) is 0 Å². The third-order valence-corrected chi connectivity index (χ3v) is 3.26. The van der Waals surface area contributed by atoms with Gasteiger partial charge in [-0.3, -0.25) is 4.98 Å². The molecule has 2 heterocycles. The normalized spacial score (nSPS) is 19.0. The van der Waals surface area contributed by atoms with Crippen LogP contribution in [0.25, 0.3) is 0 Å². The third kappa shape index (κ3) is 2.08. The predicted molar refractivity (Wildman–Crippen MR) is 63.5 cm³/mol. The minimum Gasteiger partial charge on any atom is -0.361 e. The first kappa shape index (κ1) is 10.5. The molecule has 0 bridgehead atoms. The number of hydrogen-bond acceptors (Lipinski definition) is 4. The first-order valence-electron chi connectivity index (χ1n) is 5.93. The molecule has 2 aromatic heterocycles. The van der Waals surface area contributed by atoms with Gasteiger partial charge in [-0.25, -0.2) is 0 Å². The summed E-state index contributed by atoms with van der Waals surface area (Å²) in [5, 5.41) is 4.17. The summed E-state index contributed by atoms with van der Waals surface area (Å²) in [5.41, 5.74) is 9.38. The zero-order chi connectivity index (χ0) is 11.7. The molecule has 0 fully saturated rings. The van der Waals surface area contributed by atoms with E-state index in [-0.39, 0.29) is 6.04 Å². The van der Waals surface area contributed by atoms with Crippen molar-refractivity contribution in [2.45, 2.75) is 31.7 Å². The Hall–Kier alpha value is -1.68. The first-order valence-corrected chi connectivity index (χ1v) is 5.93. The van der Waals surface area contributed by atoms with Crippen LogP contribution < -0.4 is 5.73 Å². The van der Waals surface area contributed by atoms with Gasteiger partial charge in [0.05, 0.1) is 5.69 Å². The van der Waals surface area contributed by atoms with Crippen LogP contribution in [0.5, 0.6) is 0 Å². The molecule has 88 valence electrons. The largest absolute Gasteiger partial charge is 0.361 e. The van der Waals surface area contributed by atoms with Crippen molar-refractivity contribution in [2.24, 2.45) is 5.73 Å². The lowest BCUT2D eigenvalue weighted by Gasteiger charge is -2.16. The van der Waals surface area contributed by atoms with Crippen LogP contribution in [0.4, 0.5) is 0 Å². The number of pyridine rings is 1. The molecule has 1 atom stereocenters. The number of rotatable bonds is 2. The molecule has 0 aliphatic heterocycles. The third-order valence-electron chi connectivity index (χ3n) is 3.26. The highest BCUT2D eigenvalue weighted by atomic mass is 16.5. The molecule has 0 amide bonds. The van der Waals surface area contributed by atoms with E-state index in [0.29, 0.717) is 0 Å². The standard InChI is InChI=1S/C13H15N3O/c14-10-3-4-11-12(16-17-13(11)7-10)6-9-2-1-5-15-8-9/h1-2,5,8,10H,3-4,6-7,14H2. The predicted octanol–water partition coefficient (Wildman–Crippen LogP) is 1.48. The molecule has 1 aliphatic carbocycles.